The van der Waals surface area contributed by atoms with Crippen molar-refractivity contribution in [2.24, 2.45) is 35.3 Å². The lowest BCUT2D eigenvalue weighted by atomic mass is 9.50. The Kier molecular flexibility index (Phi) is 6.18. The monoisotopic (exact) mass is 429 g/mol. The molecule has 31 heavy (non-hydrogen) atoms. The third-order valence-electron chi connectivity index (χ3n) is 7.41. The summed E-state index contributed by atoms with van der Waals surface area (Å²) in [6.07, 6.45) is 5.87. The lowest BCUT2D eigenvalue weighted by Crippen LogP contribution is -2.61. The summed E-state index contributed by atoms with van der Waals surface area (Å²) in [6, 6.07) is 4.87. The van der Waals surface area contributed by atoms with Crippen molar-refractivity contribution in [1.29, 1.82) is 0 Å². The van der Waals surface area contributed by atoms with Crippen molar-refractivity contribution in [3.8, 4) is 5.75 Å². The molecule has 0 aromatic heterocycles. The van der Waals surface area contributed by atoms with Gasteiger partial charge < -0.3 is 26.6 Å². The minimum atomic E-state index is -1.12. The highest BCUT2D eigenvalue weighted by Gasteiger charge is 2.52. The second-order valence-corrected chi connectivity index (χ2v) is 9.58. The summed E-state index contributed by atoms with van der Waals surface area (Å²) in [6.45, 7) is -0.474. The molecule has 0 radical (unpaired) electrons. The summed E-state index contributed by atoms with van der Waals surface area (Å²) in [7, 11) is 0. The zero-order valence-corrected chi connectivity index (χ0v) is 17.5. The van der Waals surface area contributed by atoms with Gasteiger partial charge in [-0.3, -0.25) is 14.4 Å². The quantitative estimate of drug-likeness (QED) is 0.418. The average molecular weight is 430 g/mol. The first-order valence-electron chi connectivity index (χ1n) is 11.1. The van der Waals surface area contributed by atoms with Crippen LogP contribution in [0.15, 0.2) is 24.3 Å². The smallest absolute Gasteiger partial charge is 0.322 e. The Bertz CT molecular complexity index is 812. The third kappa shape index (κ3) is 4.84. The summed E-state index contributed by atoms with van der Waals surface area (Å²) in [5.41, 5.74) is 6.94. The van der Waals surface area contributed by atoms with Crippen molar-refractivity contribution in [1.82, 2.24) is 10.6 Å². The molecule has 168 valence electrons. The van der Waals surface area contributed by atoms with Crippen molar-refractivity contribution < 1.29 is 24.6 Å². The fourth-order valence-electron chi connectivity index (χ4n) is 6.36. The lowest BCUT2D eigenvalue weighted by molar-refractivity contribution is -0.141. The highest BCUT2D eigenvalue weighted by Crippen LogP contribution is 2.57. The van der Waals surface area contributed by atoms with Gasteiger partial charge in [0.25, 0.3) is 0 Å². The number of carboxylic acid groups (broad SMARTS) is 1. The Balaban J connectivity index is 1.47. The Labute approximate surface area is 181 Å². The van der Waals surface area contributed by atoms with Gasteiger partial charge in [-0.2, -0.15) is 0 Å². The summed E-state index contributed by atoms with van der Waals surface area (Å²) < 4.78 is 0. The second-order valence-electron chi connectivity index (χ2n) is 9.58. The molecular formula is C23H31N3O5. The molecule has 0 saturated heterocycles. The number of hydrogen-bond acceptors (Lipinski definition) is 5. The van der Waals surface area contributed by atoms with E-state index in [1.165, 1.54) is 18.6 Å². The minimum absolute atomic E-state index is 0.0198. The summed E-state index contributed by atoms with van der Waals surface area (Å²) in [5, 5.41) is 23.7. The Morgan fingerprint density at radius 2 is 1.55 bits per heavy atom. The minimum Gasteiger partial charge on any atom is -0.508 e. The first kappa shape index (κ1) is 21.6. The number of hydrogen-bond donors (Lipinski definition) is 5. The molecule has 4 aliphatic rings. The number of benzene rings is 1. The number of aliphatic carboxylic acids is 1. The molecule has 0 aliphatic heterocycles. The maximum atomic E-state index is 13.0. The van der Waals surface area contributed by atoms with Gasteiger partial charge in [0.15, 0.2) is 0 Å². The molecule has 8 nitrogen and oxygen atoms in total. The van der Waals surface area contributed by atoms with E-state index in [1.807, 2.05) is 0 Å². The van der Waals surface area contributed by atoms with Crippen LogP contribution >= 0.6 is 0 Å². The molecule has 4 saturated carbocycles. The zero-order chi connectivity index (χ0) is 22.1. The van der Waals surface area contributed by atoms with E-state index >= 15 is 0 Å². The standard InChI is InChI=1S/C23H31N3O5/c24-18(10-12-1-3-17(27)4-2-12)22(30)26-21(23(31)25-11-19(28)29)20-15-6-13-5-14(8-15)9-16(20)7-13/h1-4,13-16,18,20-21,27H,5-11,24H2,(H,25,31)(H,26,30)(H,28,29)/t13?,14?,15?,16?,18-,20?,21-/m0/s1. The Morgan fingerprint density at radius 3 is 2.10 bits per heavy atom. The van der Waals surface area contributed by atoms with E-state index in [4.69, 9.17) is 10.8 Å². The fourth-order valence-corrected chi connectivity index (χ4v) is 6.36. The second kappa shape index (κ2) is 8.86. The van der Waals surface area contributed by atoms with Crippen molar-refractivity contribution in [2.75, 3.05) is 6.54 Å². The van der Waals surface area contributed by atoms with Crippen LogP contribution in [0.3, 0.4) is 0 Å². The molecule has 8 heteroatoms. The Morgan fingerprint density at radius 1 is 0.968 bits per heavy atom. The molecule has 0 spiro atoms. The van der Waals surface area contributed by atoms with E-state index in [0.717, 1.165) is 31.2 Å². The zero-order valence-electron chi connectivity index (χ0n) is 17.5. The summed E-state index contributed by atoms with van der Waals surface area (Å²) in [5.74, 6) is 0.374. The average Bonchev–Trinajstić information content (AvgIpc) is 2.71. The number of rotatable bonds is 8. The van der Waals surface area contributed by atoms with Crippen LogP contribution in [0.1, 0.15) is 37.7 Å². The maximum absolute atomic E-state index is 13.0. The first-order valence-corrected chi connectivity index (χ1v) is 11.1. The van der Waals surface area contributed by atoms with Crippen molar-refractivity contribution in [3.63, 3.8) is 0 Å². The maximum Gasteiger partial charge on any atom is 0.322 e. The van der Waals surface area contributed by atoms with Crippen LogP contribution in [-0.4, -0.2) is 46.6 Å². The van der Waals surface area contributed by atoms with Gasteiger partial charge in [-0.15, -0.1) is 0 Å². The molecule has 4 aliphatic carbocycles. The van der Waals surface area contributed by atoms with E-state index in [2.05, 4.69) is 10.6 Å². The lowest BCUT2D eigenvalue weighted by Gasteiger charge is -2.56. The van der Waals surface area contributed by atoms with Crippen LogP contribution in [0.2, 0.25) is 0 Å². The molecule has 0 unspecified atom stereocenters. The molecule has 1 aromatic carbocycles. The predicted molar refractivity (Wildman–Crippen MR) is 113 cm³/mol. The van der Waals surface area contributed by atoms with Gasteiger partial charge in [-0.05, 0) is 85.8 Å². The molecular weight excluding hydrogens is 398 g/mol. The topological polar surface area (TPSA) is 142 Å². The highest BCUT2D eigenvalue weighted by molar-refractivity contribution is 5.91. The number of nitrogens with one attached hydrogen (secondary N) is 2. The normalized spacial score (nSPS) is 30.4. The largest absolute Gasteiger partial charge is 0.508 e. The number of carbonyl (C=O) groups excluding carboxylic acids is 2. The van der Waals surface area contributed by atoms with Gasteiger partial charge in [0.05, 0.1) is 6.04 Å². The number of aromatic hydroxyl groups is 1. The fraction of sp³-hybridized carbons (Fsp3) is 0.609. The first-order chi connectivity index (χ1) is 14.8. The van der Waals surface area contributed by atoms with E-state index < -0.39 is 36.4 Å². The van der Waals surface area contributed by atoms with Crippen molar-refractivity contribution in [3.05, 3.63) is 29.8 Å². The van der Waals surface area contributed by atoms with Crippen LogP contribution in [0.4, 0.5) is 0 Å². The van der Waals surface area contributed by atoms with Gasteiger partial charge in [-0.25, -0.2) is 0 Å². The van der Waals surface area contributed by atoms with Crippen molar-refractivity contribution in [2.45, 2.75) is 50.6 Å². The van der Waals surface area contributed by atoms with Gasteiger partial charge in [0.2, 0.25) is 11.8 Å². The van der Waals surface area contributed by atoms with E-state index in [9.17, 15) is 19.5 Å². The molecule has 1 aromatic rings. The molecule has 6 N–H and O–H groups in total. The molecule has 0 heterocycles. The molecule has 5 rings (SSSR count). The van der Waals surface area contributed by atoms with Crippen molar-refractivity contribution >= 4 is 17.8 Å². The van der Waals surface area contributed by atoms with Crippen LogP contribution in [0, 0.1) is 29.6 Å². The third-order valence-corrected chi connectivity index (χ3v) is 7.41. The number of carbonyl (C=O) groups is 3. The van der Waals surface area contributed by atoms with Crippen LogP contribution in [0.5, 0.6) is 5.75 Å². The molecule has 2 amide bonds. The van der Waals surface area contributed by atoms with Gasteiger partial charge in [0.1, 0.15) is 18.3 Å². The van der Waals surface area contributed by atoms with Crippen LogP contribution in [0.25, 0.3) is 0 Å². The van der Waals surface area contributed by atoms with E-state index in [0.29, 0.717) is 23.7 Å². The van der Waals surface area contributed by atoms with E-state index in [-0.39, 0.29) is 18.1 Å². The summed E-state index contributed by atoms with van der Waals surface area (Å²) >= 11 is 0. The van der Waals surface area contributed by atoms with Crippen LogP contribution in [-0.2, 0) is 20.8 Å². The number of amides is 2. The SMILES string of the molecule is N[C@@H](Cc1ccc(O)cc1)C(=O)N[C@H](C(=O)NCC(=O)O)C1C2CC3CC(C2)CC1C3. The number of phenols is 1. The van der Waals surface area contributed by atoms with Gasteiger partial charge in [0, 0.05) is 0 Å². The molecule has 4 fully saturated rings. The van der Waals surface area contributed by atoms with Gasteiger partial charge in [-0.1, -0.05) is 12.1 Å². The summed E-state index contributed by atoms with van der Waals surface area (Å²) in [4.78, 5) is 36.9. The number of carboxylic acids is 1. The van der Waals surface area contributed by atoms with Crippen LogP contribution < -0.4 is 16.4 Å². The molecule has 2 atom stereocenters. The van der Waals surface area contributed by atoms with E-state index in [1.54, 1.807) is 12.1 Å². The number of phenolic OH excluding ortho intramolecular Hbond substituents is 1. The highest BCUT2D eigenvalue weighted by atomic mass is 16.4. The molecule has 4 bridgehead atoms. The predicted octanol–water partition coefficient (Wildman–Crippen LogP) is 1.02. The van der Waals surface area contributed by atoms with Gasteiger partial charge >= 0.3 is 5.97 Å². The Hall–Kier alpha value is -2.61. The number of nitrogens with two attached hydrogens (primary N) is 1.